The summed E-state index contributed by atoms with van der Waals surface area (Å²) in [5, 5.41) is 10.5. The SMILES string of the molecule is O=C1OCc2c1ccc(F)c2[N+](=O)[O-]. The van der Waals surface area contributed by atoms with Gasteiger partial charge in [-0.25, -0.2) is 4.79 Å². The van der Waals surface area contributed by atoms with Crippen molar-refractivity contribution in [3.8, 4) is 0 Å². The van der Waals surface area contributed by atoms with Crippen LogP contribution >= 0.6 is 0 Å². The number of benzene rings is 1. The van der Waals surface area contributed by atoms with E-state index < -0.39 is 22.4 Å². The smallest absolute Gasteiger partial charge is 0.339 e. The van der Waals surface area contributed by atoms with Crippen molar-refractivity contribution in [1.29, 1.82) is 0 Å². The zero-order chi connectivity index (χ0) is 10.3. The molecular formula is C8H4FNO4. The monoisotopic (exact) mass is 197 g/mol. The molecule has 0 amide bonds. The van der Waals surface area contributed by atoms with E-state index >= 15 is 0 Å². The lowest BCUT2D eigenvalue weighted by atomic mass is 10.1. The molecular weight excluding hydrogens is 193 g/mol. The van der Waals surface area contributed by atoms with Gasteiger partial charge in [0.25, 0.3) is 0 Å². The van der Waals surface area contributed by atoms with E-state index in [1.165, 1.54) is 6.07 Å². The Kier molecular flexibility index (Phi) is 1.70. The number of carbonyl (C=O) groups is 1. The van der Waals surface area contributed by atoms with Gasteiger partial charge in [-0.2, -0.15) is 4.39 Å². The fourth-order valence-corrected chi connectivity index (χ4v) is 1.36. The largest absolute Gasteiger partial charge is 0.457 e. The number of halogens is 1. The number of carbonyl (C=O) groups excluding carboxylic acids is 1. The summed E-state index contributed by atoms with van der Waals surface area (Å²) in [4.78, 5) is 20.6. The van der Waals surface area contributed by atoms with Crippen LogP contribution in [0.2, 0.25) is 0 Å². The fraction of sp³-hybridized carbons (Fsp3) is 0.125. The summed E-state index contributed by atoms with van der Waals surface area (Å²) in [5.41, 5.74) is -0.591. The van der Waals surface area contributed by atoms with Gasteiger partial charge in [0.05, 0.1) is 16.1 Å². The van der Waals surface area contributed by atoms with Crippen LogP contribution in [0.4, 0.5) is 10.1 Å². The topological polar surface area (TPSA) is 69.4 Å². The van der Waals surface area contributed by atoms with E-state index in [0.717, 1.165) is 6.07 Å². The minimum atomic E-state index is -0.952. The minimum absolute atomic E-state index is 0.0139. The number of esters is 1. The lowest BCUT2D eigenvalue weighted by molar-refractivity contribution is -0.388. The number of hydrogen-bond acceptors (Lipinski definition) is 4. The summed E-state index contributed by atoms with van der Waals surface area (Å²) in [5.74, 6) is -1.60. The average molecular weight is 197 g/mol. The molecule has 0 spiro atoms. The van der Waals surface area contributed by atoms with Crippen molar-refractivity contribution >= 4 is 11.7 Å². The molecule has 0 saturated carbocycles. The highest BCUT2D eigenvalue weighted by Crippen LogP contribution is 2.31. The number of hydrogen-bond donors (Lipinski definition) is 0. The first-order valence-corrected chi connectivity index (χ1v) is 3.74. The van der Waals surface area contributed by atoms with Crippen molar-refractivity contribution in [1.82, 2.24) is 0 Å². The molecule has 0 radical (unpaired) electrons. The van der Waals surface area contributed by atoms with Gasteiger partial charge < -0.3 is 4.74 Å². The Balaban J connectivity index is 2.71. The number of nitrogens with zero attached hydrogens (tertiary/aromatic N) is 1. The van der Waals surface area contributed by atoms with Gasteiger partial charge in [0.2, 0.25) is 5.82 Å². The van der Waals surface area contributed by atoms with Crippen LogP contribution in [0, 0.1) is 15.9 Å². The van der Waals surface area contributed by atoms with Gasteiger partial charge in [-0.1, -0.05) is 0 Å². The summed E-state index contributed by atoms with van der Waals surface area (Å²) in [6.45, 7) is -0.234. The number of ether oxygens (including phenoxy) is 1. The third-order valence-corrected chi connectivity index (χ3v) is 1.98. The zero-order valence-electron chi connectivity index (χ0n) is 6.82. The Hall–Kier alpha value is -1.98. The van der Waals surface area contributed by atoms with E-state index in [1.54, 1.807) is 0 Å². The molecule has 5 nitrogen and oxygen atoms in total. The minimum Gasteiger partial charge on any atom is -0.457 e. The first kappa shape index (κ1) is 8.61. The Labute approximate surface area is 77.2 Å². The summed E-state index contributed by atoms with van der Waals surface area (Å²) in [6, 6.07) is 2.08. The van der Waals surface area contributed by atoms with E-state index in [1.807, 2.05) is 0 Å². The lowest BCUT2D eigenvalue weighted by Gasteiger charge is -1.97. The quantitative estimate of drug-likeness (QED) is 0.387. The van der Waals surface area contributed by atoms with E-state index in [0.29, 0.717) is 0 Å². The summed E-state index contributed by atoms with van der Waals surface area (Å²) in [6.07, 6.45) is 0. The second kappa shape index (κ2) is 2.76. The zero-order valence-corrected chi connectivity index (χ0v) is 6.82. The number of nitro benzene ring substituents is 1. The fourth-order valence-electron chi connectivity index (χ4n) is 1.36. The van der Waals surface area contributed by atoms with Crippen LogP contribution in [-0.4, -0.2) is 10.9 Å². The average Bonchev–Trinajstić information content (AvgIpc) is 2.47. The van der Waals surface area contributed by atoms with Crippen LogP contribution in [0.5, 0.6) is 0 Å². The number of fused-ring (bicyclic) bond motifs is 1. The molecule has 6 heteroatoms. The number of rotatable bonds is 1. The van der Waals surface area contributed by atoms with Crippen LogP contribution in [-0.2, 0) is 11.3 Å². The standard InChI is InChI=1S/C8H4FNO4/c9-6-2-1-4-5(3-14-8(4)11)7(6)10(12)13/h1-2H,3H2. The van der Waals surface area contributed by atoms with Crippen molar-refractivity contribution in [3.05, 3.63) is 39.2 Å². The molecule has 1 aromatic rings. The maximum absolute atomic E-state index is 13.0. The molecule has 14 heavy (non-hydrogen) atoms. The molecule has 1 aliphatic rings. The molecule has 72 valence electrons. The number of nitro groups is 1. The van der Waals surface area contributed by atoms with Gasteiger partial charge >= 0.3 is 11.7 Å². The van der Waals surface area contributed by atoms with E-state index in [2.05, 4.69) is 4.74 Å². The van der Waals surface area contributed by atoms with Crippen molar-refractivity contribution in [3.63, 3.8) is 0 Å². The normalized spacial score (nSPS) is 13.6. The van der Waals surface area contributed by atoms with Gasteiger partial charge in [-0.3, -0.25) is 10.1 Å². The van der Waals surface area contributed by atoms with Crippen molar-refractivity contribution in [2.24, 2.45) is 0 Å². The maximum atomic E-state index is 13.0. The molecule has 1 aliphatic heterocycles. The molecule has 0 unspecified atom stereocenters. The predicted molar refractivity (Wildman–Crippen MR) is 42.2 cm³/mol. The van der Waals surface area contributed by atoms with Crippen molar-refractivity contribution in [2.75, 3.05) is 0 Å². The molecule has 0 fully saturated rings. The first-order chi connectivity index (χ1) is 6.61. The highest BCUT2D eigenvalue weighted by atomic mass is 19.1. The third-order valence-electron chi connectivity index (χ3n) is 1.98. The maximum Gasteiger partial charge on any atom is 0.339 e. The predicted octanol–water partition coefficient (Wildman–Crippen LogP) is 1.40. The molecule has 0 saturated heterocycles. The van der Waals surface area contributed by atoms with Gasteiger partial charge in [-0.05, 0) is 12.1 Å². The highest BCUT2D eigenvalue weighted by Gasteiger charge is 2.32. The van der Waals surface area contributed by atoms with Gasteiger partial charge in [-0.15, -0.1) is 0 Å². The van der Waals surface area contributed by atoms with Crippen LogP contribution in [0.15, 0.2) is 12.1 Å². The number of cyclic esters (lactones) is 1. The van der Waals surface area contributed by atoms with E-state index in [9.17, 15) is 19.3 Å². The van der Waals surface area contributed by atoms with Crippen molar-refractivity contribution in [2.45, 2.75) is 6.61 Å². The lowest BCUT2D eigenvalue weighted by Crippen LogP contribution is -1.99. The molecule has 0 bridgehead atoms. The third kappa shape index (κ3) is 1.04. The Bertz CT molecular complexity index is 443. The molecule has 1 heterocycles. The summed E-state index contributed by atoms with van der Waals surface area (Å²) >= 11 is 0. The summed E-state index contributed by atoms with van der Waals surface area (Å²) in [7, 11) is 0. The molecule has 0 aromatic heterocycles. The Morgan fingerprint density at radius 1 is 1.50 bits per heavy atom. The van der Waals surface area contributed by atoms with Crippen LogP contribution in [0.3, 0.4) is 0 Å². The van der Waals surface area contributed by atoms with E-state index in [-0.39, 0.29) is 17.7 Å². The first-order valence-electron chi connectivity index (χ1n) is 3.74. The molecule has 0 N–H and O–H groups in total. The molecule has 0 atom stereocenters. The van der Waals surface area contributed by atoms with Crippen LogP contribution in [0.1, 0.15) is 15.9 Å². The molecule has 1 aromatic carbocycles. The van der Waals surface area contributed by atoms with Gasteiger partial charge in [0, 0.05) is 0 Å². The molecule has 0 aliphatic carbocycles. The van der Waals surface area contributed by atoms with Crippen molar-refractivity contribution < 1.29 is 18.8 Å². The highest BCUT2D eigenvalue weighted by molar-refractivity contribution is 5.94. The second-order valence-corrected chi connectivity index (χ2v) is 2.76. The van der Waals surface area contributed by atoms with E-state index in [4.69, 9.17) is 0 Å². The van der Waals surface area contributed by atoms with Gasteiger partial charge in [0.15, 0.2) is 0 Å². The van der Waals surface area contributed by atoms with Gasteiger partial charge in [0.1, 0.15) is 6.61 Å². The summed E-state index contributed by atoms with van der Waals surface area (Å²) < 4.78 is 17.6. The molecule has 2 rings (SSSR count). The Morgan fingerprint density at radius 3 is 2.86 bits per heavy atom. The van der Waals surface area contributed by atoms with Crippen LogP contribution < -0.4 is 0 Å². The Morgan fingerprint density at radius 2 is 2.21 bits per heavy atom. The van der Waals surface area contributed by atoms with Crippen LogP contribution in [0.25, 0.3) is 0 Å². The second-order valence-electron chi connectivity index (χ2n) is 2.76.